The lowest BCUT2D eigenvalue weighted by molar-refractivity contribution is 0.174. The summed E-state index contributed by atoms with van der Waals surface area (Å²) in [5, 5.41) is 17.4. The number of nitrogens with one attached hydrogen (secondary N) is 2. The molecular formula is C20H27ClN2OS. The van der Waals surface area contributed by atoms with Crippen LogP contribution >= 0.6 is 23.4 Å². The Morgan fingerprint density at radius 3 is 2.52 bits per heavy atom. The van der Waals surface area contributed by atoms with Gasteiger partial charge < -0.3 is 15.7 Å². The van der Waals surface area contributed by atoms with Crippen molar-refractivity contribution in [2.45, 2.75) is 23.8 Å². The fraction of sp³-hybridized carbons (Fsp3) is 0.400. The van der Waals surface area contributed by atoms with Crippen LogP contribution in [0.25, 0.3) is 0 Å². The van der Waals surface area contributed by atoms with Gasteiger partial charge in [-0.2, -0.15) is 0 Å². The fourth-order valence-corrected chi connectivity index (χ4v) is 3.62. The van der Waals surface area contributed by atoms with E-state index in [-0.39, 0.29) is 0 Å². The molecular weight excluding hydrogens is 352 g/mol. The third-order valence-electron chi connectivity index (χ3n) is 4.09. The van der Waals surface area contributed by atoms with Crippen LogP contribution in [0.1, 0.15) is 30.1 Å². The summed E-state index contributed by atoms with van der Waals surface area (Å²) in [5.41, 5.74) is 2.15. The molecule has 0 heterocycles. The van der Waals surface area contributed by atoms with Gasteiger partial charge in [0.25, 0.3) is 0 Å². The zero-order valence-electron chi connectivity index (χ0n) is 14.8. The molecule has 136 valence electrons. The number of hydrogen-bond donors (Lipinski definition) is 3. The Morgan fingerprint density at radius 1 is 1.08 bits per heavy atom. The molecule has 0 saturated carbocycles. The van der Waals surface area contributed by atoms with E-state index in [9.17, 15) is 5.11 Å². The van der Waals surface area contributed by atoms with E-state index in [1.165, 1.54) is 10.5 Å². The minimum atomic E-state index is -0.545. The average Bonchev–Trinajstić information content (AvgIpc) is 2.62. The molecule has 0 amide bonds. The van der Waals surface area contributed by atoms with Crippen LogP contribution in [-0.4, -0.2) is 37.5 Å². The van der Waals surface area contributed by atoms with E-state index in [1.54, 1.807) is 0 Å². The summed E-state index contributed by atoms with van der Waals surface area (Å²) in [6.07, 6.45) is -0.545. The van der Waals surface area contributed by atoms with Gasteiger partial charge in [-0.3, -0.25) is 0 Å². The van der Waals surface area contributed by atoms with Gasteiger partial charge in [0.05, 0.1) is 6.10 Å². The molecule has 3 N–H and O–H groups in total. The quantitative estimate of drug-likeness (QED) is 0.430. The minimum absolute atomic E-state index is 0.392. The van der Waals surface area contributed by atoms with Crippen molar-refractivity contribution in [1.29, 1.82) is 0 Å². The van der Waals surface area contributed by atoms with Crippen molar-refractivity contribution in [1.82, 2.24) is 10.6 Å². The van der Waals surface area contributed by atoms with Crippen LogP contribution < -0.4 is 10.6 Å². The molecule has 2 atom stereocenters. The summed E-state index contributed by atoms with van der Waals surface area (Å²) in [6, 6.07) is 16.1. The first-order valence-corrected chi connectivity index (χ1v) is 9.98. The summed E-state index contributed by atoms with van der Waals surface area (Å²) in [5.74, 6) is 1.47. The van der Waals surface area contributed by atoms with Gasteiger partial charge in [0.2, 0.25) is 0 Å². The molecule has 0 aromatic heterocycles. The maximum atomic E-state index is 10.2. The van der Waals surface area contributed by atoms with E-state index in [4.69, 9.17) is 11.6 Å². The Balaban J connectivity index is 1.76. The molecule has 0 bridgehead atoms. The Morgan fingerprint density at radius 2 is 1.84 bits per heavy atom. The zero-order valence-corrected chi connectivity index (χ0v) is 16.4. The monoisotopic (exact) mass is 378 g/mol. The van der Waals surface area contributed by atoms with Gasteiger partial charge in [0.1, 0.15) is 0 Å². The maximum absolute atomic E-state index is 10.2. The maximum Gasteiger partial charge on any atom is 0.0914 e. The number of aliphatic hydroxyl groups excluding tert-OH is 1. The molecule has 2 unspecified atom stereocenters. The van der Waals surface area contributed by atoms with Crippen molar-refractivity contribution in [2.75, 3.05) is 32.4 Å². The topological polar surface area (TPSA) is 44.3 Å². The number of benzene rings is 2. The van der Waals surface area contributed by atoms with Crippen LogP contribution in [0, 0.1) is 0 Å². The van der Waals surface area contributed by atoms with Crippen LogP contribution in [-0.2, 0) is 0 Å². The second-order valence-electron chi connectivity index (χ2n) is 6.15. The number of aliphatic hydroxyl groups is 1. The lowest BCUT2D eigenvalue weighted by Gasteiger charge is -2.16. The van der Waals surface area contributed by atoms with Gasteiger partial charge in [0.15, 0.2) is 0 Å². The fourth-order valence-electron chi connectivity index (χ4n) is 2.55. The number of thioether (sulfide) groups is 1. The van der Waals surface area contributed by atoms with E-state index in [0.717, 1.165) is 24.4 Å². The summed E-state index contributed by atoms with van der Waals surface area (Å²) in [7, 11) is 1.97. The molecule has 3 nitrogen and oxygen atoms in total. The molecule has 25 heavy (non-hydrogen) atoms. The zero-order chi connectivity index (χ0) is 18.1. The van der Waals surface area contributed by atoms with Crippen molar-refractivity contribution in [3.05, 3.63) is 64.7 Å². The molecule has 2 aromatic rings. The Labute approximate surface area is 160 Å². The van der Waals surface area contributed by atoms with E-state index in [1.807, 2.05) is 43.1 Å². The van der Waals surface area contributed by atoms with Crippen molar-refractivity contribution < 1.29 is 5.11 Å². The van der Waals surface area contributed by atoms with Crippen LogP contribution in [0.2, 0.25) is 5.02 Å². The van der Waals surface area contributed by atoms with E-state index < -0.39 is 6.10 Å². The van der Waals surface area contributed by atoms with Gasteiger partial charge in [-0.05, 0) is 48.4 Å². The van der Waals surface area contributed by atoms with E-state index in [0.29, 0.717) is 17.5 Å². The molecule has 0 spiro atoms. The smallest absolute Gasteiger partial charge is 0.0914 e. The van der Waals surface area contributed by atoms with Gasteiger partial charge in [-0.15, -0.1) is 11.8 Å². The number of rotatable bonds is 10. The van der Waals surface area contributed by atoms with Crippen LogP contribution in [0.4, 0.5) is 0 Å². The predicted molar refractivity (Wildman–Crippen MR) is 109 cm³/mol. The van der Waals surface area contributed by atoms with Gasteiger partial charge in [-0.1, -0.05) is 42.8 Å². The van der Waals surface area contributed by atoms with Crippen molar-refractivity contribution in [3.63, 3.8) is 0 Å². The predicted octanol–water partition coefficient (Wildman–Crippen LogP) is 4.08. The molecule has 2 rings (SSSR count). The van der Waals surface area contributed by atoms with Crippen molar-refractivity contribution in [3.8, 4) is 0 Å². The van der Waals surface area contributed by atoms with Crippen LogP contribution in [0.5, 0.6) is 0 Å². The molecule has 2 aromatic carbocycles. The summed E-state index contributed by atoms with van der Waals surface area (Å²) in [4.78, 5) is 1.30. The Bertz CT molecular complexity index is 636. The van der Waals surface area contributed by atoms with E-state index in [2.05, 4.69) is 41.8 Å². The first kappa shape index (κ1) is 20.3. The average molecular weight is 379 g/mol. The number of halogens is 1. The minimum Gasteiger partial charge on any atom is -0.387 e. The highest BCUT2D eigenvalue weighted by molar-refractivity contribution is 7.99. The van der Waals surface area contributed by atoms with Crippen LogP contribution in [0.15, 0.2) is 53.4 Å². The second-order valence-corrected chi connectivity index (χ2v) is 7.76. The second kappa shape index (κ2) is 10.8. The lowest BCUT2D eigenvalue weighted by atomic mass is 10.0. The molecule has 5 heteroatoms. The number of hydrogen-bond acceptors (Lipinski definition) is 4. The van der Waals surface area contributed by atoms with Gasteiger partial charge in [-0.25, -0.2) is 0 Å². The van der Waals surface area contributed by atoms with Crippen molar-refractivity contribution in [2.24, 2.45) is 0 Å². The third-order valence-corrected chi connectivity index (χ3v) is 5.34. The molecule has 0 radical (unpaired) electrons. The standard InChI is InChI=1S/C20H27ClN2OS/c1-15(16-6-8-19(9-7-16)25-11-10-22-2)13-23-14-20(24)17-4-3-5-18(21)12-17/h3-9,12,15,20,22-24H,10-11,13-14H2,1-2H3. The molecule has 0 aliphatic rings. The summed E-state index contributed by atoms with van der Waals surface area (Å²) < 4.78 is 0. The van der Waals surface area contributed by atoms with Crippen molar-refractivity contribution >= 4 is 23.4 Å². The summed E-state index contributed by atoms with van der Waals surface area (Å²) >= 11 is 7.83. The summed E-state index contributed by atoms with van der Waals surface area (Å²) in [6.45, 7) is 4.55. The highest BCUT2D eigenvalue weighted by atomic mass is 35.5. The Kier molecular flexibility index (Phi) is 8.79. The van der Waals surface area contributed by atoms with Gasteiger partial charge in [0, 0.05) is 35.3 Å². The highest BCUT2D eigenvalue weighted by Crippen LogP contribution is 2.22. The first-order chi connectivity index (χ1) is 12.1. The molecule has 0 fully saturated rings. The molecule has 0 saturated heterocycles. The largest absolute Gasteiger partial charge is 0.387 e. The van der Waals surface area contributed by atoms with Crippen LogP contribution in [0.3, 0.4) is 0 Å². The third kappa shape index (κ3) is 7.00. The highest BCUT2D eigenvalue weighted by Gasteiger charge is 2.10. The molecule has 0 aliphatic carbocycles. The van der Waals surface area contributed by atoms with E-state index >= 15 is 0 Å². The normalized spacial score (nSPS) is 13.6. The Hall–Kier alpha value is -1.04. The molecule has 0 aliphatic heterocycles. The SMILES string of the molecule is CNCCSc1ccc(C(C)CNCC(O)c2cccc(Cl)c2)cc1. The van der Waals surface area contributed by atoms with Gasteiger partial charge >= 0.3 is 0 Å². The lowest BCUT2D eigenvalue weighted by Crippen LogP contribution is -2.25. The first-order valence-electron chi connectivity index (χ1n) is 8.61.